The van der Waals surface area contributed by atoms with E-state index in [-0.39, 0.29) is 0 Å². The van der Waals surface area contributed by atoms with Crippen LogP contribution in [0.3, 0.4) is 0 Å². The lowest BCUT2D eigenvalue weighted by Crippen LogP contribution is -2.45. The van der Waals surface area contributed by atoms with Crippen molar-refractivity contribution in [1.82, 2.24) is 4.90 Å². The van der Waals surface area contributed by atoms with Gasteiger partial charge in [-0.05, 0) is 24.5 Å². The van der Waals surface area contributed by atoms with Crippen LogP contribution in [-0.2, 0) is 4.74 Å². The fourth-order valence-corrected chi connectivity index (χ4v) is 3.01. The molecule has 0 saturated carbocycles. The van der Waals surface area contributed by atoms with Gasteiger partial charge in [0.2, 0.25) is 0 Å². The number of morpholine rings is 1. The first-order valence-corrected chi connectivity index (χ1v) is 7.96. The SMILES string of the molecule is NC(=NC[C@H]1CCN(c2ccc(F)c(F)c2)C1)N1CCOCC1. The standard InChI is InChI=1S/C16H22F2N4O/c17-14-2-1-13(9-15(14)18)22-4-3-12(11-22)10-20-16(19)21-5-7-23-8-6-21/h1-2,9,12H,3-8,10-11H2,(H2,19,20)/t12-/m1/s1. The molecule has 1 aromatic carbocycles. The lowest BCUT2D eigenvalue weighted by molar-refractivity contribution is 0.0674. The predicted octanol–water partition coefficient (Wildman–Crippen LogP) is 1.44. The van der Waals surface area contributed by atoms with Gasteiger partial charge in [-0.3, -0.25) is 4.99 Å². The van der Waals surface area contributed by atoms with E-state index in [2.05, 4.69) is 9.89 Å². The highest BCUT2D eigenvalue weighted by Gasteiger charge is 2.23. The van der Waals surface area contributed by atoms with Gasteiger partial charge in [-0.2, -0.15) is 0 Å². The summed E-state index contributed by atoms with van der Waals surface area (Å²) in [6.45, 7) is 5.19. The number of guanidine groups is 1. The first kappa shape index (κ1) is 16.0. The van der Waals surface area contributed by atoms with E-state index >= 15 is 0 Å². The Hall–Kier alpha value is -1.89. The lowest BCUT2D eigenvalue weighted by atomic mass is 10.1. The molecule has 126 valence electrons. The van der Waals surface area contributed by atoms with Gasteiger partial charge in [0.1, 0.15) is 0 Å². The lowest BCUT2D eigenvalue weighted by Gasteiger charge is -2.27. The Bertz CT molecular complexity index is 575. The van der Waals surface area contributed by atoms with Crippen LogP contribution >= 0.6 is 0 Å². The van der Waals surface area contributed by atoms with E-state index in [9.17, 15) is 8.78 Å². The average Bonchev–Trinajstić information content (AvgIpc) is 3.05. The fraction of sp³-hybridized carbons (Fsp3) is 0.562. The molecule has 7 heteroatoms. The molecule has 0 aliphatic carbocycles. The maximum absolute atomic E-state index is 13.3. The van der Waals surface area contributed by atoms with Crippen LogP contribution in [0.5, 0.6) is 0 Å². The van der Waals surface area contributed by atoms with Gasteiger partial charge in [0, 0.05) is 44.5 Å². The minimum Gasteiger partial charge on any atom is -0.378 e. The number of rotatable bonds is 3. The molecule has 2 heterocycles. The number of nitrogens with zero attached hydrogens (tertiary/aromatic N) is 3. The van der Waals surface area contributed by atoms with E-state index in [0.29, 0.717) is 31.6 Å². The van der Waals surface area contributed by atoms with E-state index in [1.165, 1.54) is 12.1 Å². The van der Waals surface area contributed by atoms with Crippen LogP contribution in [0.15, 0.2) is 23.2 Å². The molecule has 5 nitrogen and oxygen atoms in total. The molecule has 0 spiro atoms. The van der Waals surface area contributed by atoms with Crippen molar-refractivity contribution >= 4 is 11.6 Å². The molecule has 3 rings (SSSR count). The zero-order valence-electron chi connectivity index (χ0n) is 13.0. The number of hydrogen-bond acceptors (Lipinski definition) is 3. The fourth-order valence-electron chi connectivity index (χ4n) is 3.01. The number of benzene rings is 1. The van der Waals surface area contributed by atoms with E-state index in [0.717, 1.165) is 38.3 Å². The second-order valence-electron chi connectivity index (χ2n) is 6.00. The van der Waals surface area contributed by atoms with Gasteiger partial charge in [0.25, 0.3) is 0 Å². The third kappa shape index (κ3) is 3.90. The summed E-state index contributed by atoms with van der Waals surface area (Å²) in [5.74, 6) is -0.671. The first-order valence-electron chi connectivity index (χ1n) is 7.96. The predicted molar refractivity (Wildman–Crippen MR) is 85.6 cm³/mol. The molecular formula is C16H22F2N4O. The van der Waals surface area contributed by atoms with E-state index in [1.54, 1.807) is 6.07 Å². The van der Waals surface area contributed by atoms with Crippen LogP contribution in [0.25, 0.3) is 0 Å². The largest absolute Gasteiger partial charge is 0.378 e. The molecule has 1 aromatic rings. The maximum Gasteiger partial charge on any atom is 0.191 e. The number of nitrogens with two attached hydrogens (primary N) is 1. The molecule has 2 saturated heterocycles. The quantitative estimate of drug-likeness (QED) is 0.675. The van der Waals surface area contributed by atoms with Crippen molar-refractivity contribution in [3.05, 3.63) is 29.8 Å². The summed E-state index contributed by atoms with van der Waals surface area (Å²) in [6, 6.07) is 4.04. The monoisotopic (exact) mass is 324 g/mol. The van der Waals surface area contributed by atoms with Gasteiger partial charge in [-0.1, -0.05) is 0 Å². The highest BCUT2D eigenvalue weighted by atomic mass is 19.2. The molecule has 1 atom stereocenters. The Morgan fingerprint density at radius 3 is 2.74 bits per heavy atom. The smallest absolute Gasteiger partial charge is 0.191 e. The molecule has 0 bridgehead atoms. The van der Waals surface area contributed by atoms with Crippen LogP contribution < -0.4 is 10.6 Å². The van der Waals surface area contributed by atoms with Crippen molar-refractivity contribution in [2.45, 2.75) is 6.42 Å². The normalized spacial score (nSPS) is 22.7. The topological polar surface area (TPSA) is 54.1 Å². The summed E-state index contributed by atoms with van der Waals surface area (Å²) in [4.78, 5) is 8.59. The van der Waals surface area contributed by atoms with Gasteiger partial charge >= 0.3 is 0 Å². The number of hydrogen-bond donors (Lipinski definition) is 1. The molecule has 23 heavy (non-hydrogen) atoms. The third-order valence-electron chi connectivity index (χ3n) is 4.40. The highest BCUT2D eigenvalue weighted by molar-refractivity contribution is 5.78. The summed E-state index contributed by atoms with van der Waals surface area (Å²) < 4.78 is 31.6. The number of ether oxygens (including phenoxy) is 1. The first-order chi connectivity index (χ1) is 11.1. The van der Waals surface area contributed by atoms with E-state index in [1.807, 2.05) is 4.90 Å². The summed E-state index contributed by atoms with van der Waals surface area (Å²) in [5.41, 5.74) is 6.74. The van der Waals surface area contributed by atoms with Crippen molar-refractivity contribution < 1.29 is 13.5 Å². The van der Waals surface area contributed by atoms with Crippen LogP contribution in [0, 0.1) is 17.6 Å². The molecule has 2 aliphatic heterocycles. The van der Waals surface area contributed by atoms with Crippen molar-refractivity contribution in [2.24, 2.45) is 16.6 Å². The van der Waals surface area contributed by atoms with Crippen LogP contribution in [0.1, 0.15) is 6.42 Å². The van der Waals surface area contributed by atoms with Gasteiger partial charge in [-0.25, -0.2) is 8.78 Å². The van der Waals surface area contributed by atoms with Crippen LogP contribution in [0.4, 0.5) is 14.5 Å². The Labute approximate surface area is 134 Å². The van der Waals surface area contributed by atoms with Gasteiger partial charge in [0.15, 0.2) is 17.6 Å². The second kappa shape index (κ2) is 7.12. The Morgan fingerprint density at radius 1 is 1.22 bits per heavy atom. The molecule has 2 fully saturated rings. The molecule has 2 N–H and O–H groups in total. The zero-order valence-corrected chi connectivity index (χ0v) is 13.0. The second-order valence-corrected chi connectivity index (χ2v) is 6.00. The Kier molecular flexibility index (Phi) is 4.95. The Morgan fingerprint density at radius 2 is 2.00 bits per heavy atom. The minimum absolute atomic E-state index is 0.378. The van der Waals surface area contributed by atoms with Crippen LogP contribution in [0.2, 0.25) is 0 Å². The van der Waals surface area contributed by atoms with Crippen molar-refractivity contribution in [3.8, 4) is 0 Å². The van der Waals surface area contributed by atoms with Gasteiger partial charge in [0.05, 0.1) is 13.2 Å². The zero-order chi connectivity index (χ0) is 16.2. The summed E-state index contributed by atoms with van der Waals surface area (Å²) in [7, 11) is 0. The van der Waals surface area contributed by atoms with Crippen molar-refractivity contribution in [3.63, 3.8) is 0 Å². The van der Waals surface area contributed by atoms with E-state index < -0.39 is 11.6 Å². The summed E-state index contributed by atoms with van der Waals surface area (Å²) >= 11 is 0. The van der Waals surface area contributed by atoms with Crippen molar-refractivity contribution in [2.75, 3.05) is 50.8 Å². The number of anilines is 1. The number of halogens is 2. The highest BCUT2D eigenvalue weighted by Crippen LogP contribution is 2.25. The van der Waals surface area contributed by atoms with E-state index in [4.69, 9.17) is 10.5 Å². The molecule has 0 aromatic heterocycles. The van der Waals surface area contributed by atoms with Crippen molar-refractivity contribution in [1.29, 1.82) is 0 Å². The molecule has 2 aliphatic rings. The minimum atomic E-state index is -0.813. The van der Waals surface area contributed by atoms with Gasteiger partial charge in [-0.15, -0.1) is 0 Å². The molecule has 0 amide bonds. The number of aliphatic imine (C=N–C) groups is 1. The summed E-state index contributed by atoms with van der Waals surface area (Å²) in [6.07, 6.45) is 0.971. The Balaban J connectivity index is 1.54. The molecular weight excluding hydrogens is 302 g/mol. The molecule has 0 unspecified atom stereocenters. The van der Waals surface area contributed by atoms with Crippen LogP contribution in [-0.4, -0.2) is 56.8 Å². The maximum atomic E-state index is 13.3. The molecule has 0 radical (unpaired) electrons. The average molecular weight is 324 g/mol. The van der Waals surface area contributed by atoms with Gasteiger partial charge < -0.3 is 20.3 Å². The summed E-state index contributed by atoms with van der Waals surface area (Å²) in [5, 5.41) is 0. The third-order valence-corrected chi connectivity index (χ3v) is 4.40.